The third-order valence-corrected chi connectivity index (χ3v) is 6.10. The molecule has 0 spiro atoms. The lowest BCUT2D eigenvalue weighted by molar-refractivity contribution is 0.299. The van der Waals surface area contributed by atoms with Crippen molar-refractivity contribution in [3.63, 3.8) is 0 Å². The zero-order valence-corrected chi connectivity index (χ0v) is 17.6. The summed E-state index contributed by atoms with van der Waals surface area (Å²) in [6.45, 7) is 0. The fourth-order valence-corrected chi connectivity index (χ4v) is 4.50. The van der Waals surface area contributed by atoms with Gasteiger partial charge in [-0.05, 0) is 50.2 Å². The number of aromatic hydroxyl groups is 1. The molecule has 1 unspecified atom stereocenters. The maximum atomic E-state index is 13.1. The Hall–Kier alpha value is -3.58. The molecule has 0 saturated carbocycles. The summed E-state index contributed by atoms with van der Waals surface area (Å²) in [5.74, 6) is 0.716. The smallest absolute Gasteiger partial charge is 0.231 e. The van der Waals surface area contributed by atoms with Gasteiger partial charge in [-0.1, -0.05) is 12.1 Å². The molecule has 0 bridgehead atoms. The molecule has 7 heteroatoms. The van der Waals surface area contributed by atoms with E-state index in [1.807, 2.05) is 6.07 Å². The Morgan fingerprint density at radius 3 is 2.81 bits per heavy atom. The third-order valence-electron chi connectivity index (χ3n) is 6.10. The predicted octanol–water partition coefficient (Wildman–Crippen LogP) is 4.11. The van der Waals surface area contributed by atoms with Crippen LogP contribution in [0.15, 0.2) is 52.1 Å². The number of nitrogens with one attached hydrogen (secondary N) is 1. The summed E-state index contributed by atoms with van der Waals surface area (Å²) in [6, 6.07) is 9.84. The number of nitrogens with zero attached hydrogens (tertiary/aromatic N) is 2. The van der Waals surface area contributed by atoms with Crippen LogP contribution >= 0.6 is 0 Å². The normalized spacial score (nSPS) is 15.5. The first-order valence-electron chi connectivity index (χ1n) is 10.1. The van der Waals surface area contributed by atoms with E-state index in [9.17, 15) is 9.90 Å². The molecular formula is C24H23N3O4. The van der Waals surface area contributed by atoms with Crippen molar-refractivity contribution in [2.24, 2.45) is 0 Å². The van der Waals surface area contributed by atoms with E-state index in [1.165, 1.54) is 17.5 Å². The second-order valence-electron chi connectivity index (χ2n) is 8.07. The monoisotopic (exact) mass is 417 g/mol. The van der Waals surface area contributed by atoms with Crippen molar-refractivity contribution in [1.29, 1.82) is 0 Å². The summed E-state index contributed by atoms with van der Waals surface area (Å²) >= 11 is 0. The van der Waals surface area contributed by atoms with E-state index in [0.29, 0.717) is 39.7 Å². The number of fused-ring (bicyclic) bond motifs is 2. The lowest BCUT2D eigenvalue weighted by atomic mass is 10.00. The van der Waals surface area contributed by atoms with Gasteiger partial charge in [0.1, 0.15) is 5.75 Å². The van der Waals surface area contributed by atoms with Gasteiger partial charge < -0.3 is 24.1 Å². The standard InChI is InChI=1S/C24H23N3O4/c1-27(2)19-7-6-13-4-5-14(8-15(13)19)22-24(29)23(28)16-9-17(21-11-25-12-31-21)20(30-3)10-18(16)26-22/h4-5,8-12,19,29H,6-7H2,1-3H3,(H,26,28). The van der Waals surface area contributed by atoms with E-state index in [4.69, 9.17) is 9.15 Å². The van der Waals surface area contributed by atoms with E-state index >= 15 is 0 Å². The van der Waals surface area contributed by atoms with Gasteiger partial charge in [0.25, 0.3) is 0 Å². The van der Waals surface area contributed by atoms with Crippen LogP contribution in [0.1, 0.15) is 23.6 Å². The maximum absolute atomic E-state index is 13.1. The Morgan fingerprint density at radius 2 is 2.10 bits per heavy atom. The number of aromatic nitrogens is 2. The maximum Gasteiger partial charge on any atom is 0.231 e. The molecule has 1 aliphatic rings. The van der Waals surface area contributed by atoms with Crippen LogP contribution in [0.2, 0.25) is 0 Å². The van der Waals surface area contributed by atoms with Gasteiger partial charge in [0.05, 0.1) is 35.5 Å². The largest absolute Gasteiger partial charge is 0.503 e. The number of aryl methyl sites for hydroxylation is 1. The Bertz CT molecular complexity index is 1340. The molecule has 4 aromatic rings. The van der Waals surface area contributed by atoms with E-state index in [1.54, 1.807) is 25.4 Å². The number of hydrogen-bond donors (Lipinski definition) is 2. The lowest BCUT2D eigenvalue weighted by Crippen LogP contribution is -2.17. The number of benzene rings is 2. The fourth-order valence-electron chi connectivity index (χ4n) is 4.50. The minimum absolute atomic E-state index is 0.305. The van der Waals surface area contributed by atoms with Crippen LogP contribution in [-0.4, -0.2) is 41.2 Å². The molecule has 1 atom stereocenters. The topological polar surface area (TPSA) is 91.6 Å². The highest BCUT2D eigenvalue weighted by Gasteiger charge is 2.25. The van der Waals surface area contributed by atoms with E-state index in [0.717, 1.165) is 18.4 Å². The van der Waals surface area contributed by atoms with Crippen LogP contribution in [-0.2, 0) is 6.42 Å². The van der Waals surface area contributed by atoms with E-state index in [-0.39, 0.29) is 5.75 Å². The fraction of sp³-hybridized carbons (Fsp3) is 0.250. The van der Waals surface area contributed by atoms with Gasteiger partial charge in [-0.25, -0.2) is 4.98 Å². The molecule has 1 aliphatic carbocycles. The SMILES string of the molecule is COc1cc2[nH]c(-c3ccc4c(c3)C(N(C)C)CC4)c(O)c(=O)c2cc1-c1cnco1. The third kappa shape index (κ3) is 3.09. The van der Waals surface area contributed by atoms with Crippen molar-refractivity contribution in [2.75, 3.05) is 21.2 Å². The number of hydrogen-bond acceptors (Lipinski definition) is 6. The quantitative estimate of drug-likeness (QED) is 0.519. The molecule has 0 fully saturated rings. The van der Waals surface area contributed by atoms with E-state index in [2.05, 4.69) is 41.1 Å². The van der Waals surface area contributed by atoms with Crippen LogP contribution in [0.3, 0.4) is 0 Å². The number of oxazole rings is 1. The molecule has 0 saturated heterocycles. The van der Waals surface area contributed by atoms with Gasteiger partial charge in [0, 0.05) is 17.7 Å². The molecule has 7 nitrogen and oxygen atoms in total. The number of aromatic amines is 1. The summed E-state index contributed by atoms with van der Waals surface area (Å²) < 4.78 is 10.9. The van der Waals surface area contributed by atoms with Crippen molar-refractivity contribution in [1.82, 2.24) is 14.9 Å². The van der Waals surface area contributed by atoms with Crippen molar-refractivity contribution in [3.8, 4) is 34.1 Å². The lowest BCUT2D eigenvalue weighted by Gasteiger charge is -2.20. The minimum atomic E-state index is -0.447. The molecule has 0 aliphatic heterocycles. The highest BCUT2D eigenvalue weighted by Crippen LogP contribution is 2.39. The van der Waals surface area contributed by atoms with Gasteiger partial charge in [0.2, 0.25) is 5.43 Å². The molecule has 0 radical (unpaired) electrons. The first-order valence-corrected chi connectivity index (χ1v) is 10.1. The van der Waals surface area contributed by atoms with Crippen LogP contribution < -0.4 is 10.2 Å². The van der Waals surface area contributed by atoms with Crippen molar-refractivity contribution in [2.45, 2.75) is 18.9 Å². The zero-order valence-electron chi connectivity index (χ0n) is 17.6. The molecule has 0 amide bonds. The zero-order chi connectivity index (χ0) is 21.7. The predicted molar refractivity (Wildman–Crippen MR) is 118 cm³/mol. The molecular weight excluding hydrogens is 394 g/mol. The van der Waals surface area contributed by atoms with E-state index < -0.39 is 5.43 Å². The van der Waals surface area contributed by atoms with Crippen molar-refractivity contribution < 1.29 is 14.3 Å². The summed E-state index contributed by atoms with van der Waals surface area (Å²) in [5.41, 5.74) is 4.45. The summed E-state index contributed by atoms with van der Waals surface area (Å²) in [4.78, 5) is 22.5. The number of rotatable bonds is 4. The van der Waals surface area contributed by atoms with Gasteiger partial charge in [0.15, 0.2) is 17.9 Å². The van der Waals surface area contributed by atoms with Gasteiger partial charge >= 0.3 is 0 Å². The molecule has 2 aromatic carbocycles. The molecule has 2 heterocycles. The van der Waals surface area contributed by atoms with Crippen LogP contribution in [0.4, 0.5) is 0 Å². The number of methoxy groups -OCH3 is 1. The highest BCUT2D eigenvalue weighted by molar-refractivity contribution is 5.90. The average molecular weight is 417 g/mol. The molecule has 2 N–H and O–H groups in total. The number of H-pyrrole nitrogens is 1. The highest BCUT2D eigenvalue weighted by atomic mass is 16.5. The molecule has 158 valence electrons. The van der Waals surface area contributed by atoms with Crippen LogP contribution in [0.5, 0.6) is 11.5 Å². The summed E-state index contributed by atoms with van der Waals surface area (Å²) in [5, 5.41) is 11.1. The average Bonchev–Trinajstić information content (AvgIpc) is 3.45. The van der Waals surface area contributed by atoms with Crippen LogP contribution in [0.25, 0.3) is 33.5 Å². The Morgan fingerprint density at radius 1 is 1.26 bits per heavy atom. The van der Waals surface area contributed by atoms with Gasteiger partial charge in [-0.15, -0.1) is 0 Å². The second kappa shape index (κ2) is 7.28. The molecule has 31 heavy (non-hydrogen) atoms. The Kier molecular flexibility index (Phi) is 4.55. The first kappa shape index (κ1) is 19.4. The number of pyridine rings is 1. The van der Waals surface area contributed by atoms with Crippen molar-refractivity contribution in [3.05, 3.63) is 64.3 Å². The summed E-state index contributed by atoms with van der Waals surface area (Å²) in [7, 11) is 5.70. The minimum Gasteiger partial charge on any atom is -0.503 e. The first-order chi connectivity index (χ1) is 15.0. The van der Waals surface area contributed by atoms with Crippen molar-refractivity contribution >= 4 is 10.9 Å². The second-order valence-corrected chi connectivity index (χ2v) is 8.07. The Labute approximate surface area is 178 Å². The van der Waals surface area contributed by atoms with Gasteiger partial charge in [-0.3, -0.25) is 4.79 Å². The van der Waals surface area contributed by atoms with Gasteiger partial charge in [-0.2, -0.15) is 0 Å². The summed E-state index contributed by atoms with van der Waals surface area (Å²) in [6.07, 6.45) is 4.96. The Balaban J connectivity index is 1.70. The van der Waals surface area contributed by atoms with Crippen LogP contribution in [0, 0.1) is 0 Å². The molecule has 2 aromatic heterocycles. The molecule has 5 rings (SSSR count). The number of ether oxygens (including phenoxy) is 1.